The number of carbonyl (C=O) groups is 1. The standard InChI is InChI=1S/C19H33NO4S.H2O.H2/c1-5-8-14(3)18(21)20-25(24)15(4)13(2)9-6-12-17(19(22)23)16-10-7-11-16;;/h5,8,13,15-17,19,22-23H,1,6-7,9-12H2,2-4H3,(H,20,21);1H2;1H/b14-8+;;/t13-,15+,17-,25?;;/m0../s1. The van der Waals surface area contributed by atoms with Gasteiger partial charge in [0.1, 0.15) is 11.0 Å². The second kappa shape index (κ2) is 12.4. The second-order valence-electron chi connectivity index (χ2n) is 7.20. The Hall–Kier alpha value is -1.02. The van der Waals surface area contributed by atoms with Crippen LogP contribution in [0.2, 0.25) is 0 Å². The fraction of sp³-hybridized carbons (Fsp3) is 0.737. The van der Waals surface area contributed by atoms with Crippen LogP contribution >= 0.6 is 0 Å². The van der Waals surface area contributed by atoms with Gasteiger partial charge in [-0.1, -0.05) is 38.5 Å². The Labute approximate surface area is 161 Å². The fourth-order valence-electron chi connectivity index (χ4n) is 3.13. The first-order valence-electron chi connectivity index (χ1n) is 9.14. The van der Waals surface area contributed by atoms with Gasteiger partial charge in [-0.2, -0.15) is 0 Å². The largest absolute Gasteiger partial charge is 0.412 e. The van der Waals surface area contributed by atoms with Gasteiger partial charge < -0.3 is 15.7 Å². The molecule has 6 nitrogen and oxygen atoms in total. The predicted molar refractivity (Wildman–Crippen MR) is 108 cm³/mol. The molecular formula is C19H37NO5S. The first kappa shape index (κ1) is 25.0. The molecule has 0 spiro atoms. The molecule has 4 atom stereocenters. The zero-order valence-electron chi connectivity index (χ0n) is 16.1. The van der Waals surface area contributed by atoms with E-state index in [-0.39, 0.29) is 29.9 Å². The van der Waals surface area contributed by atoms with E-state index >= 15 is 0 Å². The number of aliphatic hydroxyl groups excluding tert-OH is 1. The molecule has 1 unspecified atom stereocenters. The van der Waals surface area contributed by atoms with Gasteiger partial charge in [-0.05, 0) is 51.4 Å². The molecule has 0 bridgehead atoms. The van der Waals surface area contributed by atoms with Crippen molar-refractivity contribution in [2.75, 3.05) is 0 Å². The molecule has 26 heavy (non-hydrogen) atoms. The molecule has 1 rings (SSSR count). The van der Waals surface area contributed by atoms with Gasteiger partial charge in [-0.25, -0.2) is 4.21 Å². The van der Waals surface area contributed by atoms with Gasteiger partial charge in [0.15, 0.2) is 6.29 Å². The molecule has 1 aliphatic carbocycles. The maximum absolute atomic E-state index is 12.3. The van der Waals surface area contributed by atoms with E-state index in [0.29, 0.717) is 11.5 Å². The average molecular weight is 392 g/mol. The van der Waals surface area contributed by atoms with Crippen LogP contribution in [0.3, 0.4) is 0 Å². The highest BCUT2D eigenvalue weighted by molar-refractivity contribution is 7.84. The summed E-state index contributed by atoms with van der Waals surface area (Å²) >= 11 is 0. The highest BCUT2D eigenvalue weighted by Crippen LogP contribution is 2.37. The molecule has 0 saturated heterocycles. The maximum atomic E-state index is 12.3. The van der Waals surface area contributed by atoms with Gasteiger partial charge in [0.05, 0.1) is 5.25 Å². The minimum Gasteiger partial charge on any atom is -0.412 e. The molecule has 5 N–H and O–H groups in total. The summed E-state index contributed by atoms with van der Waals surface area (Å²) in [6.07, 6.45) is 7.71. The van der Waals surface area contributed by atoms with E-state index in [0.717, 1.165) is 32.1 Å². The Morgan fingerprint density at radius 3 is 2.42 bits per heavy atom. The summed E-state index contributed by atoms with van der Waals surface area (Å²) in [5, 5.41) is 18.9. The number of hydrogen-bond acceptors (Lipinski definition) is 4. The number of carbonyl (C=O) groups excluding carboxylic acids is 1. The molecule has 1 fully saturated rings. The van der Waals surface area contributed by atoms with E-state index in [2.05, 4.69) is 11.3 Å². The van der Waals surface area contributed by atoms with Crippen molar-refractivity contribution in [2.24, 2.45) is 17.8 Å². The lowest BCUT2D eigenvalue weighted by molar-refractivity contribution is -0.115. The Kier molecular flexibility index (Phi) is 11.9. The Bertz CT molecular complexity index is 508. The van der Waals surface area contributed by atoms with Crippen molar-refractivity contribution >= 4 is 16.9 Å². The summed E-state index contributed by atoms with van der Waals surface area (Å²) < 4.78 is 14.9. The van der Waals surface area contributed by atoms with Crippen molar-refractivity contribution < 1.29 is 26.1 Å². The zero-order valence-corrected chi connectivity index (χ0v) is 16.9. The number of rotatable bonds is 11. The van der Waals surface area contributed by atoms with Crippen molar-refractivity contribution in [3.8, 4) is 0 Å². The van der Waals surface area contributed by atoms with Gasteiger partial charge in [0.2, 0.25) is 0 Å². The second-order valence-corrected chi connectivity index (χ2v) is 8.74. The van der Waals surface area contributed by atoms with Gasteiger partial charge >= 0.3 is 0 Å². The molecule has 1 aliphatic rings. The van der Waals surface area contributed by atoms with Crippen LogP contribution in [0.25, 0.3) is 0 Å². The summed E-state index contributed by atoms with van der Waals surface area (Å²) in [6, 6.07) is 0. The lowest BCUT2D eigenvalue weighted by Crippen LogP contribution is -2.35. The van der Waals surface area contributed by atoms with Gasteiger partial charge in [-0.3, -0.25) is 9.52 Å². The van der Waals surface area contributed by atoms with Gasteiger partial charge in [-0.15, -0.1) is 0 Å². The van der Waals surface area contributed by atoms with E-state index in [9.17, 15) is 19.2 Å². The summed E-state index contributed by atoms with van der Waals surface area (Å²) in [5.41, 5.74) is 0.475. The first-order valence-corrected chi connectivity index (χ1v) is 10.4. The number of allylic oxidation sites excluding steroid dienone is 2. The average Bonchev–Trinajstić information content (AvgIpc) is 2.50. The number of nitrogens with one attached hydrogen (secondary N) is 1. The van der Waals surface area contributed by atoms with Crippen molar-refractivity contribution in [1.29, 1.82) is 0 Å². The summed E-state index contributed by atoms with van der Waals surface area (Å²) in [6.45, 7) is 9.09. The van der Waals surface area contributed by atoms with E-state index in [4.69, 9.17) is 0 Å². The highest BCUT2D eigenvalue weighted by atomic mass is 32.2. The predicted octanol–water partition coefficient (Wildman–Crippen LogP) is 2.24. The smallest absolute Gasteiger partial charge is 0.258 e. The monoisotopic (exact) mass is 391 g/mol. The minimum absolute atomic E-state index is 0. The molecule has 1 saturated carbocycles. The molecule has 0 aliphatic heterocycles. The Morgan fingerprint density at radius 2 is 1.96 bits per heavy atom. The lowest BCUT2D eigenvalue weighted by atomic mass is 9.73. The third-order valence-corrected chi connectivity index (χ3v) is 6.92. The topological polar surface area (TPSA) is 118 Å². The molecule has 0 aromatic carbocycles. The van der Waals surface area contributed by atoms with Crippen molar-refractivity contribution in [3.63, 3.8) is 0 Å². The molecule has 0 heterocycles. The molecule has 7 heteroatoms. The van der Waals surface area contributed by atoms with Crippen LogP contribution in [0.4, 0.5) is 0 Å². The third kappa shape index (κ3) is 7.70. The highest BCUT2D eigenvalue weighted by Gasteiger charge is 2.31. The fourth-order valence-corrected chi connectivity index (χ4v) is 4.22. The van der Waals surface area contributed by atoms with Crippen LogP contribution in [0.15, 0.2) is 24.3 Å². The normalized spacial score (nSPS) is 19.7. The minimum atomic E-state index is -1.44. The third-order valence-electron chi connectivity index (χ3n) is 5.39. The summed E-state index contributed by atoms with van der Waals surface area (Å²) in [7, 11) is -1.44. The zero-order chi connectivity index (χ0) is 19.0. The van der Waals surface area contributed by atoms with E-state index in [1.54, 1.807) is 13.0 Å². The van der Waals surface area contributed by atoms with E-state index in [1.165, 1.54) is 12.5 Å². The Morgan fingerprint density at radius 1 is 1.35 bits per heavy atom. The Balaban J connectivity index is 0. The maximum Gasteiger partial charge on any atom is 0.258 e. The van der Waals surface area contributed by atoms with Gasteiger partial charge in [0.25, 0.3) is 5.91 Å². The first-order chi connectivity index (χ1) is 11.8. The molecule has 154 valence electrons. The van der Waals surface area contributed by atoms with Crippen molar-refractivity contribution in [2.45, 2.75) is 70.8 Å². The summed E-state index contributed by atoms with van der Waals surface area (Å²) in [5.74, 6) is 0.211. The van der Waals surface area contributed by atoms with Crippen molar-refractivity contribution in [3.05, 3.63) is 24.3 Å². The van der Waals surface area contributed by atoms with Crippen LogP contribution in [0, 0.1) is 17.8 Å². The number of amides is 1. The number of hydrogen-bond donors (Lipinski definition) is 3. The molecule has 0 aromatic heterocycles. The SMILES string of the molecule is C=C/C=C(\C)C(=O)NS(=O)[C@H](C)[C@@H](C)CCC[C@H](C(O)O)C1CCC1.O.[HH]. The molecular weight excluding hydrogens is 354 g/mol. The molecule has 1 amide bonds. The molecule has 0 radical (unpaired) electrons. The lowest BCUT2D eigenvalue weighted by Gasteiger charge is -2.35. The van der Waals surface area contributed by atoms with Crippen LogP contribution in [-0.2, 0) is 15.8 Å². The number of aliphatic hydroxyl groups is 2. The van der Waals surface area contributed by atoms with Crippen LogP contribution in [0.5, 0.6) is 0 Å². The van der Waals surface area contributed by atoms with E-state index in [1.807, 2.05) is 13.8 Å². The quantitative estimate of drug-likeness (QED) is 0.284. The van der Waals surface area contributed by atoms with Crippen molar-refractivity contribution in [1.82, 2.24) is 4.72 Å². The summed E-state index contributed by atoms with van der Waals surface area (Å²) in [4.78, 5) is 11.9. The van der Waals surface area contributed by atoms with Gasteiger partial charge in [0, 0.05) is 12.9 Å². The van der Waals surface area contributed by atoms with Crippen LogP contribution < -0.4 is 4.72 Å². The van der Waals surface area contributed by atoms with Crippen LogP contribution in [0.1, 0.15) is 60.7 Å². The molecule has 0 aromatic rings. The van der Waals surface area contributed by atoms with Crippen LogP contribution in [-0.4, -0.2) is 37.3 Å². The van der Waals surface area contributed by atoms with E-state index < -0.39 is 17.3 Å².